The van der Waals surface area contributed by atoms with E-state index in [0.29, 0.717) is 18.5 Å². The number of carbonyl (C=O) groups excluding carboxylic acids is 2. The second kappa shape index (κ2) is 5.97. The molecular formula is C13H15Cl2N3O2. The van der Waals surface area contributed by atoms with Crippen LogP contribution in [0.1, 0.15) is 30.1 Å². The first-order chi connectivity index (χ1) is 9.40. The Kier molecular flexibility index (Phi) is 4.50. The number of nitrogens with two attached hydrogens (primary N) is 1. The number of hydrogen-bond donors (Lipinski definition) is 1. The van der Waals surface area contributed by atoms with E-state index in [1.165, 1.54) is 12.3 Å². The van der Waals surface area contributed by atoms with E-state index in [9.17, 15) is 9.59 Å². The van der Waals surface area contributed by atoms with Gasteiger partial charge in [0.15, 0.2) is 0 Å². The highest BCUT2D eigenvalue weighted by Gasteiger charge is 2.32. The molecule has 1 aliphatic rings. The number of primary amides is 1. The third-order valence-corrected chi connectivity index (χ3v) is 4.27. The Labute approximate surface area is 127 Å². The van der Waals surface area contributed by atoms with Crippen LogP contribution < -0.4 is 5.73 Å². The van der Waals surface area contributed by atoms with Gasteiger partial charge in [-0.15, -0.1) is 0 Å². The van der Waals surface area contributed by atoms with Crippen LogP contribution in [0.4, 0.5) is 0 Å². The molecule has 2 rings (SSSR count). The van der Waals surface area contributed by atoms with Gasteiger partial charge in [-0.3, -0.25) is 9.59 Å². The Morgan fingerprint density at radius 1 is 1.40 bits per heavy atom. The number of halogens is 2. The first kappa shape index (κ1) is 15.1. The van der Waals surface area contributed by atoms with E-state index in [1.807, 2.05) is 6.92 Å². The summed E-state index contributed by atoms with van der Waals surface area (Å²) in [6, 6.07) is 1.53. The molecule has 2 unspecified atom stereocenters. The summed E-state index contributed by atoms with van der Waals surface area (Å²) < 4.78 is 0. The summed E-state index contributed by atoms with van der Waals surface area (Å²) in [4.78, 5) is 29.3. The van der Waals surface area contributed by atoms with Gasteiger partial charge in [-0.2, -0.15) is 0 Å². The molecule has 5 nitrogen and oxygen atoms in total. The zero-order valence-corrected chi connectivity index (χ0v) is 12.5. The minimum Gasteiger partial charge on any atom is -0.369 e. The summed E-state index contributed by atoms with van der Waals surface area (Å²) in [5, 5.41) is 0.388. The van der Waals surface area contributed by atoms with Crippen molar-refractivity contribution in [2.45, 2.75) is 25.8 Å². The van der Waals surface area contributed by atoms with Gasteiger partial charge in [0.2, 0.25) is 5.91 Å². The molecule has 20 heavy (non-hydrogen) atoms. The second-order valence-corrected chi connectivity index (χ2v) is 5.75. The molecule has 1 aliphatic heterocycles. The van der Waals surface area contributed by atoms with Crippen LogP contribution >= 0.6 is 23.2 Å². The first-order valence-corrected chi connectivity index (χ1v) is 7.07. The fraction of sp³-hybridized carbons (Fsp3) is 0.462. The fourth-order valence-corrected chi connectivity index (χ4v) is 2.60. The molecule has 2 N–H and O–H groups in total. The molecule has 7 heteroatoms. The molecule has 0 saturated carbocycles. The topological polar surface area (TPSA) is 76.3 Å². The van der Waals surface area contributed by atoms with Crippen molar-refractivity contribution in [3.05, 3.63) is 28.0 Å². The van der Waals surface area contributed by atoms with Crippen LogP contribution in [0.25, 0.3) is 0 Å². The van der Waals surface area contributed by atoms with Crippen molar-refractivity contribution < 1.29 is 9.59 Å². The third-order valence-electron chi connectivity index (χ3n) is 3.59. The number of nitrogens with zero attached hydrogens (tertiary/aromatic N) is 2. The lowest BCUT2D eigenvalue weighted by Crippen LogP contribution is -2.48. The van der Waals surface area contributed by atoms with Gasteiger partial charge in [0, 0.05) is 18.8 Å². The maximum absolute atomic E-state index is 12.5. The number of pyridine rings is 1. The van der Waals surface area contributed by atoms with Crippen molar-refractivity contribution in [1.29, 1.82) is 0 Å². The highest BCUT2D eigenvalue weighted by molar-refractivity contribution is 6.41. The van der Waals surface area contributed by atoms with Crippen molar-refractivity contribution in [1.82, 2.24) is 9.88 Å². The maximum atomic E-state index is 12.5. The maximum Gasteiger partial charge on any atom is 0.255 e. The van der Waals surface area contributed by atoms with E-state index in [4.69, 9.17) is 28.9 Å². The summed E-state index contributed by atoms with van der Waals surface area (Å²) in [7, 11) is 0. The number of aromatic nitrogens is 1. The normalized spacial score (nSPS) is 22.6. The molecule has 2 atom stereocenters. The molecule has 0 spiro atoms. The first-order valence-electron chi connectivity index (χ1n) is 6.31. The van der Waals surface area contributed by atoms with Crippen LogP contribution in [-0.2, 0) is 4.79 Å². The average Bonchev–Trinajstić information content (AvgIpc) is 2.41. The summed E-state index contributed by atoms with van der Waals surface area (Å²) in [6.07, 6.45) is 2.84. The van der Waals surface area contributed by atoms with Gasteiger partial charge in [0.05, 0.1) is 16.5 Å². The van der Waals surface area contributed by atoms with Crippen molar-refractivity contribution in [2.75, 3.05) is 6.54 Å². The Bertz CT molecular complexity index is 550. The number of carbonyl (C=O) groups is 2. The molecule has 0 aromatic carbocycles. The Morgan fingerprint density at radius 3 is 2.70 bits per heavy atom. The van der Waals surface area contributed by atoms with Crippen molar-refractivity contribution in [3.63, 3.8) is 0 Å². The van der Waals surface area contributed by atoms with Crippen molar-refractivity contribution in [3.8, 4) is 0 Å². The molecule has 108 valence electrons. The van der Waals surface area contributed by atoms with Crippen molar-refractivity contribution >= 4 is 35.0 Å². The summed E-state index contributed by atoms with van der Waals surface area (Å²) in [6.45, 7) is 2.27. The molecule has 1 saturated heterocycles. The van der Waals surface area contributed by atoms with Gasteiger partial charge in [-0.25, -0.2) is 4.98 Å². The SMILES string of the molecule is CC1CCC(C(N)=O)CN1C(=O)c1cnc(Cl)c(Cl)c1. The summed E-state index contributed by atoms with van der Waals surface area (Å²) >= 11 is 11.6. The summed E-state index contributed by atoms with van der Waals surface area (Å²) in [5.41, 5.74) is 5.69. The lowest BCUT2D eigenvalue weighted by Gasteiger charge is -2.36. The number of likely N-dealkylation sites (tertiary alicyclic amines) is 1. The smallest absolute Gasteiger partial charge is 0.255 e. The van der Waals surface area contributed by atoms with E-state index in [-0.39, 0.29) is 33.9 Å². The van der Waals surface area contributed by atoms with Crippen LogP contribution in [-0.4, -0.2) is 34.3 Å². The van der Waals surface area contributed by atoms with Crippen LogP contribution in [0.5, 0.6) is 0 Å². The van der Waals surface area contributed by atoms with Crippen molar-refractivity contribution in [2.24, 2.45) is 11.7 Å². The van der Waals surface area contributed by atoms with Gasteiger partial charge < -0.3 is 10.6 Å². The highest BCUT2D eigenvalue weighted by Crippen LogP contribution is 2.25. The van der Waals surface area contributed by atoms with E-state index < -0.39 is 0 Å². The monoisotopic (exact) mass is 315 g/mol. The van der Waals surface area contributed by atoms with E-state index >= 15 is 0 Å². The number of rotatable bonds is 2. The van der Waals surface area contributed by atoms with E-state index in [2.05, 4.69) is 4.98 Å². The molecule has 0 bridgehead atoms. The molecule has 2 heterocycles. The summed E-state index contributed by atoms with van der Waals surface area (Å²) in [5.74, 6) is -0.887. The quantitative estimate of drug-likeness (QED) is 0.849. The van der Waals surface area contributed by atoms with E-state index in [0.717, 1.165) is 6.42 Å². The Balaban J connectivity index is 2.21. The van der Waals surface area contributed by atoms with Gasteiger partial charge in [-0.1, -0.05) is 23.2 Å². The van der Waals surface area contributed by atoms with Gasteiger partial charge in [0.25, 0.3) is 5.91 Å². The molecule has 0 radical (unpaired) electrons. The standard InChI is InChI=1S/C13H15Cl2N3O2/c1-7-2-3-8(12(16)19)6-18(7)13(20)9-4-10(14)11(15)17-5-9/h4-5,7-8H,2-3,6H2,1H3,(H2,16,19). The zero-order chi connectivity index (χ0) is 14.9. The van der Waals surface area contributed by atoms with Crippen LogP contribution in [0.3, 0.4) is 0 Å². The number of piperidine rings is 1. The highest BCUT2D eigenvalue weighted by atomic mass is 35.5. The lowest BCUT2D eigenvalue weighted by atomic mass is 9.92. The lowest BCUT2D eigenvalue weighted by molar-refractivity contribution is -0.123. The molecular weight excluding hydrogens is 301 g/mol. The predicted octanol–water partition coefficient (Wildman–Crippen LogP) is 2.11. The van der Waals surface area contributed by atoms with E-state index in [1.54, 1.807) is 4.90 Å². The third kappa shape index (κ3) is 3.04. The zero-order valence-electron chi connectivity index (χ0n) is 11.0. The van der Waals surface area contributed by atoms with Crippen LogP contribution in [0.15, 0.2) is 12.3 Å². The molecule has 2 amide bonds. The Morgan fingerprint density at radius 2 is 2.10 bits per heavy atom. The Hall–Kier alpha value is -1.33. The fourth-order valence-electron chi connectivity index (χ4n) is 2.33. The average molecular weight is 316 g/mol. The van der Waals surface area contributed by atoms with Gasteiger partial charge in [-0.05, 0) is 25.8 Å². The second-order valence-electron chi connectivity index (χ2n) is 4.98. The minimum atomic E-state index is -0.373. The van der Waals surface area contributed by atoms with Crippen LogP contribution in [0.2, 0.25) is 10.2 Å². The molecule has 0 aliphatic carbocycles. The number of hydrogen-bond acceptors (Lipinski definition) is 3. The molecule has 1 fully saturated rings. The largest absolute Gasteiger partial charge is 0.369 e. The number of amides is 2. The van der Waals surface area contributed by atoms with Gasteiger partial charge in [0.1, 0.15) is 5.15 Å². The van der Waals surface area contributed by atoms with Gasteiger partial charge >= 0.3 is 0 Å². The molecule has 1 aromatic heterocycles. The minimum absolute atomic E-state index is 0.0487. The predicted molar refractivity (Wildman–Crippen MR) is 76.7 cm³/mol. The van der Waals surface area contributed by atoms with Crippen LogP contribution in [0, 0.1) is 5.92 Å². The molecule has 1 aromatic rings.